The average molecular weight is 316 g/mol. The first-order valence-corrected chi connectivity index (χ1v) is 8.38. The zero-order valence-electron chi connectivity index (χ0n) is 13.4. The lowest BCUT2D eigenvalue weighted by Gasteiger charge is -2.26. The number of benzene rings is 1. The van der Waals surface area contributed by atoms with E-state index in [0.29, 0.717) is 19.4 Å². The van der Waals surface area contributed by atoms with E-state index in [1.165, 1.54) is 5.56 Å². The van der Waals surface area contributed by atoms with E-state index >= 15 is 0 Å². The molecule has 1 atom stereocenters. The molecule has 1 aromatic rings. The van der Waals surface area contributed by atoms with Gasteiger partial charge in [0.15, 0.2) is 0 Å². The first-order valence-electron chi connectivity index (χ1n) is 8.38. The fraction of sp³-hybridized carbons (Fsp3) is 0.556. The van der Waals surface area contributed by atoms with Gasteiger partial charge in [0.25, 0.3) is 0 Å². The minimum Gasteiger partial charge on any atom is -0.375 e. The van der Waals surface area contributed by atoms with E-state index in [1.807, 2.05) is 6.07 Å². The summed E-state index contributed by atoms with van der Waals surface area (Å²) in [6.07, 6.45) is 1.82. The number of amides is 1. The van der Waals surface area contributed by atoms with Gasteiger partial charge in [0.2, 0.25) is 5.91 Å². The number of nitrogens with one attached hydrogen (secondary N) is 1. The summed E-state index contributed by atoms with van der Waals surface area (Å²) < 4.78 is 5.85. The number of ketones is 1. The van der Waals surface area contributed by atoms with Crippen LogP contribution in [0, 0.1) is 5.92 Å². The first-order chi connectivity index (χ1) is 11.2. The van der Waals surface area contributed by atoms with Crippen LogP contribution in [0.25, 0.3) is 0 Å². The van der Waals surface area contributed by atoms with Gasteiger partial charge in [0.05, 0.1) is 12.0 Å². The number of Topliss-reactive ketones (excluding diaryl/α,β-unsaturated/α-hetero) is 1. The summed E-state index contributed by atoms with van der Waals surface area (Å²) in [4.78, 5) is 25.3. The van der Waals surface area contributed by atoms with Gasteiger partial charge in [-0.15, -0.1) is 0 Å². The van der Waals surface area contributed by atoms with Crippen molar-refractivity contribution in [2.75, 3.05) is 26.2 Å². The predicted molar refractivity (Wildman–Crippen MR) is 86.8 cm³/mol. The van der Waals surface area contributed by atoms with Crippen molar-refractivity contribution in [1.29, 1.82) is 0 Å². The highest BCUT2D eigenvalue weighted by Crippen LogP contribution is 2.22. The Balaban J connectivity index is 1.47. The van der Waals surface area contributed by atoms with Crippen LogP contribution >= 0.6 is 0 Å². The van der Waals surface area contributed by atoms with Gasteiger partial charge in [-0.2, -0.15) is 0 Å². The molecular weight excluding hydrogens is 292 g/mol. The van der Waals surface area contributed by atoms with Gasteiger partial charge in [-0.1, -0.05) is 30.3 Å². The third kappa shape index (κ3) is 4.62. The van der Waals surface area contributed by atoms with E-state index < -0.39 is 0 Å². The molecule has 1 saturated heterocycles. The standard InChI is InChI=1S/C18H24N2O3/c21-16-9-15(10-16)18(22)19-11-17-13-20(7-4-8-23-17)12-14-5-2-1-3-6-14/h1-3,5-6,15,17H,4,7-13H2,(H,19,22)/t17-/m0/s1. The maximum Gasteiger partial charge on any atom is 0.224 e. The molecule has 1 N–H and O–H groups in total. The predicted octanol–water partition coefficient (Wildman–Crippen LogP) is 1.37. The third-order valence-corrected chi connectivity index (χ3v) is 4.51. The van der Waals surface area contributed by atoms with Crippen molar-refractivity contribution in [3.05, 3.63) is 35.9 Å². The fourth-order valence-corrected chi connectivity index (χ4v) is 3.11. The SMILES string of the molecule is O=C1CC(C(=O)NC[C@H]2CN(Cc3ccccc3)CCCO2)C1. The number of rotatable bonds is 5. The highest BCUT2D eigenvalue weighted by molar-refractivity contribution is 5.96. The van der Waals surface area contributed by atoms with Crippen LogP contribution in [-0.4, -0.2) is 48.9 Å². The second kappa shape index (κ2) is 7.70. The van der Waals surface area contributed by atoms with Crippen LogP contribution in [0.4, 0.5) is 0 Å². The second-order valence-electron chi connectivity index (χ2n) is 6.46. The average Bonchev–Trinajstić information content (AvgIpc) is 2.76. The molecular formula is C18H24N2O3. The van der Waals surface area contributed by atoms with E-state index in [-0.39, 0.29) is 23.7 Å². The minimum absolute atomic E-state index is 0.00736. The summed E-state index contributed by atoms with van der Waals surface area (Å²) in [5.41, 5.74) is 1.30. The third-order valence-electron chi connectivity index (χ3n) is 4.51. The monoisotopic (exact) mass is 316 g/mol. The lowest BCUT2D eigenvalue weighted by atomic mass is 9.83. The molecule has 1 aliphatic carbocycles. The molecule has 2 fully saturated rings. The summed E-state index contributed by atoms with van der Waals surface area (Å²) >= 11 is 0. The molecule has 2 aliphatic rings. The maximum atomic E-state index is 11.9. The molecule has 0 radical (unpaired) electrons. The Morgan fingerprint density at radius 1 is 1.26 bits per heavy atom. The van der Waals surface area contributed by atoms with Crippen LogP contribution in [0.15, 0.2) is 30.3 Å². The zero-order valence-corrected chi connectivity index (χ0v) is 13.4. The van der Waals surface area contributed by atoms with Crippen LogP contribution in [0.5, 0.6) is 0 Å². The topological polar surface area (TPSA) is 58.6 Å². The smallest absolute Gasteiger partial charge is 0.224 e. The Labute approximate surface area is 137 Å². The van der Waals surface area contributed by atoms with Crippen molar-refractivity contribution in [1.82, 2.24) is 10.2 Å². The Morgan fingerprint density at radius 3 is 2.78 bits per heavy atom. The van der Waals surface area contributed by atoms with Crippen LogP contribution in [0.3, 0.4) is 0 Å². The molecule has 5 heteroatoms. The highest BCUT2D eigenvalue weighted by Gasteiger charge is 2.33. The lowest BCUT2D eigenvalue weighted by molar-refractivity contribution is -0.138. The van der Waals surface area contributed by atoms with Crippen molar-refractivity contribution < 1.29 is 14.3 Å². The molecule has 0 unspecified atom stereocenters. The Hall–Kier alpha value is -1.72. The Morgan fingerprint density at radius 2 is 2.04 bits per heavy atom. The molecule has 124 valence electrons. The molecule has 1 saturated carbocycles. The van der Waals surface area contributed by atoms with Gasteiger partial charge in [-0.25, -0.2) is 0 Å². The summed E-state index contributed by atoms with van der Waals surface area (Å²) in [5, 5.41) is 2.94. The number of carbonyl (C=O) groups is 2. The molecule has 3 rings (SSSR count). The number of ether oxygens (including phenoxy) is 1. The highest BCUT2D eigenvalue weighted by atomic mass is 16.5. The lowest BCUT2D eigenvalue weighted by Crippen LogP contribution is -2.44. The largest absolute Gasteiger partial charge is 0.375 e. The van der Waals surface area contributed by atoms with Crippen molar-refractivity contribution in [3.63, 3.8) is 0 Å². The molecule has 1 aliphatic heterocycles. The number of hydrogen-bond acceptors (Lipinski definition) is 4. The normalized spacial score (nSPS) is 23.1. The van der Waals surface area contributed by atoms with Crippen LogP contribution in [0.2, 0.25) is 0 Å². The van der Waals surface area contributed by atoms with Crippen LogP contribution in [-0.2, 0) is 20.9 Å². The van der Waals surface area contributed by atoms with Crippen molar-refractivity contribution in [2.24, 2.45) is 5.92 Å². The Bertz CT molecular complexity index is 538. The van der Waals surface area contributed by atoms with Gasteiger partial charge in [0.1, 0.15) is 5.78 Å². The summed E-state index contributed by atoms with van der Waals surface area (Å²) in [5.74, 6) is 0.0608. The number of nitrogens with zero attached hydrogens (tertiary/aromatic N) is 1. The van der Waals surface area contributed by atoms with Gasteiger partial charge < -0.3 is 10.1 Å². The Kier molecular flexibility index (Phi) is 5.41. The molecule has 0 bridgehead atoms. The van der Waals surface area contributed by atoms with E-state index in [1.54, 1.807) is 0 Å². The van der Waals surface area contributed by atoms with E-state index in [9.17, 15) is 9.59 Å². The number of carbonyl (C=O) groups excluding carboxylic acids is 2. The van der Waals surface area contributed by atoms with E-state index in [0.717, 1.165) is 32.7 Å². The molecule has 5 nitrogen and oxygen atoms in total. The summed E-state index contributed by atoms with van der Waals surface area (Å²) in [6.45, 7) is 3.99. The van der Waals surface area contributed by atoms with Gasteiger partial charge in [-0.3, -0.25) is 14.5 Å². The quantitative estimate of drug-likeness (QED) is 0.891. The fourth-order valence-electron chi connectivity index (χ4n) is 3.11. The maximum absolute atomic E-state index is 11.9. The van der Waals surface area contributed by atoms with Crippen LogP contribution < -0.4 is 5.32 Å². The van der Waals surface area contributed by atoms with E-state index in [2.05, 4.69) is 34.5 Å². The van der Waals surface area contributed by atoms with E-state index in [4.69, 9.17) is 4.74 Å². The second-order valence-corrected chi connectivity index (χ2v) is 6.46. The van der Waals surface area contributed by atoms with Crippen molar-refractivity contribution in [2.45, 2.75) is 31.9 Å². The van der Waals surface area contributed by atoms with Crippen molar-refractivity contribution in [3.8, 4) is 0 Å². The molecule has 1 amide bonds. The van der Waals surface area contributed by atoms with Gasteiger partial charge in [-0.05, 0) is 12.0 Å². The first kappa shape index (κ1) is 16.1. The molecule has 1 aromatic carbocycles. The van der Waals surface area contributed by atoms with Gasteiger partial charge >= 0.3 is 0 Å². The summed E-state index contributed by atoms with van der Waals surface area (Å²) in [7, 11) is 0. The minimum atomic E-state index is -0.117. The molecule has 23 heavy (non-hydrogen) atoms. The molecule has 0 spiro atoms. The summed E-state index contributed by atoms with van der Waals surface area (Å²) in [6, 6.07) is 10.4. The number of hydrogen-bond donors (Lipinski definition) is 1. The molecule has 1 heterocycles. The van der Waals surface area contributed by atoms with Crippen LogP contribution in [0.1, 0.15) is 24.8 Å². The van der Waals surface area contributed by atoms with Gasteiger partial charge in [0, 0.05) is 45.6 Å². The molecule has 0 aromatic heterocycles. The zero-order chi connectivity index (χ0) is 16.1. The van der Waals surface area contributed by atoms with Crippen molar-refractivity contribution >= 4 is 11.7 Å².